The topological polar surface area (TPSA) is 89.3 Å². The number of rotatable bonds is 6. The fourth-order valence-corrected chi connectivity index (χ4v) is 3.49. The van der Waals surface area contributed by atoms with Crippen molar-refractivity contribution in [2.45, 2.75) is 31.5 Å². The third-order valence-electron chi connectivity index (χ3n) is 4.79. The summed E-state index contributed by atoms with van der Waals surface area (Å²) in [5, 5.41) is 21.3. The number of nitrogens with one attached hydrogen (secondary N) is 1. The fourth-order valence-electron chi connectivity index (χ4n) is 3.49. The van der Waals surface area contributed by atoms with Crippen molar-refractivity contribution in [3.05, 3.63) is 47.5 Å². The quantitative estimate of drug-likeness (QED) is 0.823. The van der Waals surface area contributed by atoms with Gasteiger partial charge in [-0.05, 0) is 30.5 Å². The van der Waals surface area contributed by atoms with Crippen LogP contribution in [-0.2, 0) is 18.4 Å². The second kappa shape index (κ2) is 7.76. The van der Waals surface area contributed by atoms with Crippen molar-refractivity contribution in [3.63, 3.8) is 0 Å². The Kier molecular flexibility index (Phi) is 5.45. The molecule has 1 heterocycles. The van der Waals surface area contributed by atoms with E-state index in [0.29, 0.717) is 25.1 Å². The molecule has 2 aromatic rings. The summed E-state index contributed by atoms with van der Waals surface area (Å²) in [5.41, 5.74) is 1.56. The predicted octanol–water partition coefficient (Wildman–Crippen LogP) is 1.25. The van der Waals surface area contributed by atoms with Gasteiger partial charge in [-0.25, -0.2) is 0 Å². The zero-order chi connectivity index (χ0) is 17.8. The average Bonchev–Trinajstić information content (AvgIpc) is 3.18. The molecule has 134 valence electrons. The van der Waals surface area contributed by atoms with Crippen molar-refractivity contribution in [1.29, 1.82) is 0 Å². The van der Waals surface area contributed by atoms with Crippen molar-refractivity contribution in [2.24, 2.45) is 13.0 Å². The number of aliphatic hydroxyl groups is 1. The molecule has 3 atom stereocenters. The summed E-state index contributed by atoms with van der Waals surface area (Å²) in [6.07, 6.45) is 2.67. The van der Waals surface area contributed by atoms with E-state index in [-0.39, 0.29) is 17.7 Å². The molecule has 1 aromatic carbocycles. The van der Waals surface area contributed by atoms with Gasteiger partial charge in [0, 0.05) is 38.1 Å². The maximum absolute atomic E-state index is 12.4. The Hall–Kier alpha value is -2.25. The zero-order valence-corrected chi connectivity index (χ0v) is 14.6. The lowest BCUT2D eigenvalue weighted by atomic mass is 10.0. The normalized spacial score (nSPS) is 22.9. The molecule has 3 rings (SSSR count). The van der Waals surface area contributed by atoms with Crippen molar-refractivity contribution in [3.8, 4) is 0 Å². The van der Waals surface area contributed by atoms with Crippen molar-refractivity contribution in [2.75, 3.05) is 13.7 Å². The first-order valence-corrected chi connectivity index (χ1v) is 8.46. The van der Waals surface area contributed by atoms with Gasteiger partial charge in [0.25, 0.3) is 5.91 Å². The molecule has 25 heavy (non-hydrogen) atoms. The fraction of sp³-hybridized carbons (Fsp3) is 0.500. The Labute approximate surface area is 147 Å². The third kappa shape index (κ3) is 4.05. The maximum atomic E-state index is 12.4. The molecule has 0 aliphatic heterocycles. The second-order valence-corrected chi connectivity index (χ2v) is 6.64. The van der Waals surface area contributed by atoms with Crippen LogP contribution in [0.5, 0.6) is 0 Å². The lowest BCUT2D eigenvalue weighted by Gasteiger charge is -2.15. The average molecular weight is 344 g/mol. The highest BCUT2D eigenvalue weighted by Crippen LogP contribution is 2.37. The zero-order valence-electron chi connectivity index (χ0n) is 14.6. The van der Waals surface area contributed by atoms with Gasteiger partial charge in [0.15, 0.2) is 0 Å². The number of aryl methyl sites for hydroxylation is 1. The predicted molar refractivity (Wildman–Crippen MR) is 92.0 cm³/mol. The van der Waals surface area contributed by atoms with Gasteiger partial charge >= 0.3 is 0 Å². The van der Waals surface area contributed by atoms with Gasteiger partial charge in [0.1, 0.15) is 12.2 Å². The molecule has 1 amide bonds. The van der Waals surface area contributed by atoms with Crippen LogP contribution in [0.15, 0.2) is 30.6 Å². The summed E-state index contributed by atoms with van der Waals surface area (Å²) in [6, 6.07) is 7.37. The number of carbonyl (C=O) groups excluding carboxylic acids is 1. The number of hydrogen-bond donors (Lipinski definition) is 2. The highest BCUT2D eigenvalue weighted by atomic mass is 16.5. The Balaban J connectivity index is 1.57. The monoisotopic (exact) mass is 344 g/mol. The molecule has 1 aliphatic carbocycles. The minimum Gasteiger partial charge on any atom is -0.393 e. The summed E-state index contributed by atoms with van der Waals surface area (Å²) >= 11 is 0. The molecule has 0 bridgehead atoms. The molecule has 7 heteroatoms. The van der Waals surface area contributed by atoms with Crippen LogP contribution in [0.4, 0.5) is 0 Å². The van der Waals surface area contributed by atoms with Gasteiger partial charge in [-0.1, -0.05) is 12.1 Å². The van der Waals surface area contributed by atoms with Gasteiger partial charge in [0.2, 0.25) is 0 Å². The number of nitrogens with zero attached hydrogens (tertiary/aromatic N) is 3. The summed E-state index contributed by atoms with van der Waals surface area (Å²) < 4.78 is 6.99. The van der Waals surface area contributed by atoms with Gasteiger partial charge in [-0.2, -0.15) is 0 Å². The summed E-state index contributed by atoms with van der Waals surface area (Å²) in [7, 11) is 3.53. The van der Waals surface area contributed by atoms with Gasteiger partial charge < -0.3 is 19.7 Å². The number of ether oxygens (including phenoxy) is 1. The van der Waals surface area contributed by atoms with E-state index in [1.54, 1.807) is 19.5 Å². The van der Waals surface area contributed by atoms with Crippen LogP contribution < -0.4 is 5.32 Å². The number of benzene rings is 1. The van der Waals surface area contributed by atoms with Crippen LogP contribution >= 0.6 is 0 Å². The van der Waals surface area contributed by atoms with Gasteiger partial charge in [0.05, 0.1) is 12.7 Å². The van der Waals surface area contributed by atoms with E-state index >= 15 is 0 Å². The number of aromatic nitrogens is 3. The minimum atomic E-state index is -0.443. The summed E-state index contributed by atoms with van der Waals surface area (Å²) in [5.74, 6) is 0.953. The molecule has 1 aromatic heterocycles. The van der Waals surface area contributed by atoms with E-state index in [1.807, 2.05) is 29.8 Å². The molecule has 0 saturated heterocycles. The van der Waals surface area contributed by atoms with Crippen molar-refractivity contribution in [1.82, 2.24) is 20.1 Å². The van der Waals surface area contributed by atoms with Gasteiger partial charge in [-0.3, -0.25) is 4.79 Å². The first kappa shape index (κ1) is 17.6. The smallest absolute Gasteiger partial charge is 0.251 e. The van der Waals surface area contributed by atoms with Crippen molar-refractivity contribution < 1.29 is 14.6 Å². The molecule has 1 aliphatic rings. The first-order chi connectivity index (χ1) is 12.1. The highest BCUT2D eigenvalue weighted by Gasteiger charge is 2.36. The lowest BCUT2D eigenvalue weighted by molar-refractivity contribution is 0.0916. The minimum absolute atomic E-state index is 0.0211. The number of aliphatic hydroxyl groups excluding tert-OH is 1. The van der Waals surface area contributed by atoms with Crippen LogP contribution in [0.25, 0.3) is 0 Å². The number of carbonyl (C=O) groups is 1. The van der Waals surface area contributed by atoms with Crippen LogP contribution in [0.1, 0.15) is 40.5 Å². The number of methoxy groups -OCH3 is 1. The van der Waals surface area contributed by atoms with E-state index in [0.717, 1.165) is 17.8 Å². The van der Waals surface area contributed by atoms with E-state index in [1.165, 1.54) is 0 Å². The Morgan fingerprint density at radius 3 is 3.00 bits per heavy atom. The second-order valence-electron chi connectivity index (χ2n) is 6.64. The third-order valence-corrected chi connectivity index (χ3v) is 4.79. The maximum Gasteiger partial charge on any atom is 0.251 e. The Morgan fingerprint density at radius 1 is 1.44 bits per heavy atom. The molecule has 0 unspecified atom stereocenters. The van der Waals surface area contributed by atoms with Crippen molar-refractivity contribution >= 4 is 5.91 Å². The van der Waals surface area contributed by atoms with Crippen LogP contribution in [0.3, 0.4) is 0 Å². The largest absolute Gasteiger partial charge is 0.393 e. The number of amides is 1. The standard InChI is InChI=1S/C18H24N4O3/c1-22-11-20-21-17(22)14-7-15(16(23)8-14)9-19-18(24)13-5-3-4-12(6-13)10-25-2/h3-6,11,14-16,23H,7-10H2,1-2H3,(H,19,24)/t14-,15+,16+/m0/s1. The van der Waals surface area contributed by atoms with Gasteiger partial charge in [-0.15, -0.1) is 10.2 Å². The first-order valence-electron chi connectivity index (χ1n) is 8.46. The van der Waals surface area contributed by atoms with Crippen LogP contribution in [0, 0.1) is 5.92 Å². The van der Waals surface area contributed by atoms with Crippen LogP contribution in [-0.4, -0.2) is 45.5 Å². The molecule has 0 radical (unpaired) electrons. The molecule has 2 N–H and O–H groups in total. The summed E-state index contributed by atoms with van der Waals surface area (Å²) in [6.45, 7) is 0.921. The molecule has 1 fully saturated rings. The van der Waals surface area contributed by atoms with E-state index in [4.69, 9.17) is 4.74 Å². The summed E-state index contributed by atoms with van der Waals surface area (Å²) in [4.78, 5) is 12.4. The lowest BCUT2D eigenvalue weighted by Crippen LogP contribution is -2.32. The molecule has 7 nitrogen and oxygen atoms in total. The number of hydrogen-bond acceptors (Lipinski definition) is 5. The van der Waals surface area contributed by atoms with E-state index in [9.17, 15) is 9.90 Å². The van der Waals surface area contributed by atoms with Crippen LogP contribution in [0.2, 0.25) is 0 Å². The molecule has 1 saturated carbocycles. The van der Waals surface area contributed by atoms with E-state index < -0.39 is 6.10 Å². The molecule has 0 spiro atoms. The Morgan fingerprint density at radius 2 is 2.28 bits per heavy atom. The van der Waals surface area contributed by atoms with E-state index in [2.05, 4.69) is 15.5 Å². The SMILES string of the molecule is COCc1cccc(C(=O)NC[C@H]2C[C@H](c3nncn3C)C[C@H]2O)c1. The molecular weight excluding hydrogens is 320 g/mol. The Bertz CT molecular complexity index is 731. The highest BCUT2D eigenvalue weighted by molar-refractivity contribution is 5.94. The molecular formula is C18H24N4O3.